The molecule has 0 saturated carbocycles. The summed E-state index contributed by atoms with van der Waals surface area (Å²) in [5.74, 6) is 1.56. The van der Waals surface area contributed by atoms with Gasteiger partial charge < -0.3 is 0 Å². The van der Waals surface area contributed by atoms with Crippen molar-refractivity contribution < 1.29 is 0 Å². The Balaban J connectivity index is 1.72. The fourth-order valence-electron chi connectivity index (χ4n) is 2.64. The fraction of sp³-hybridized carbons (Fsp3) is 0.0500. The predicted octanol–water partition coefficient (Wildman–Crippen LogP) is 5.28. The lowest BCUT2D eigenvalue weighted by molar-refractivity contribution is 0.886. The van der Waals surface area contributed by atoms with E-state index in [9.17, 15) is 0 Å². The van der Waals surface area contributed by atoms with Crippen LogP contribution in [0.15, 0.2) is 84.3 Å². The van der Waals surface area contributed by atoms with Gasteiger partial charge in [0.25, 0.3) is 0 Å². The lowest BCUT2D eigenvalue weighted by Crippen LogP contribution is -1.99. The van der Waals surface area contributed by atoms with E-state index in [2.05, 4.69) is 37.9 Å². The van der Waals surface area contributed by atoms with Crippen LogP contribution in [0.2, 0.25) is 5.02 Å². The van der Waals surface area contributed by atoms with E-state index < -0.39 is 0 Å². The number of benzene rings is 2. The Morgan fingerprint density at radius 1 is 0.885 bits per heavy atom. The molecule has 0 fully saturated rings. The molecule has 0 spiro atoms. The lowest BCUT2D eigenvalue weighted by Gasteiger charge is -2.10. The molecule has 0 N–H and O–H groups in total. The maximum Gasteiger partial charge on any atom is 0.196 e. The molecular formula is C20H15ClN4S. The average molecular weight is 379 g/mol. The average Bonchev–Trinajstić information content (AvgIpc) is 3.12. The normalized spacial score (nSPS) is 10.8. The van der Waals surface area contributed by atoms with Crippen molar-refractivity contribution in [1.29, 1.82) is 0 Å². The molecule has 4 rings (SSSR count). The zero-order chi connectivity index (χ0) is 17.8. The van der Waals surface area contributed by atoms with E-state index in [0.29, 0.717) is 0 Å². The molecule has 0 aliphatic heterocycles. The van der Waals surface area contributed by atoms with Crippen LogP contribution in [0.5, 0.6) is 0 Å². The second-order valence-corrected chi connectivity index (χ2v) is 7.01. The summed E-state index contributed by atoms with van der Waals surface area (Å²) >= 11 is 7.72. The van der Waals surface area contributed by atoms with Gasteiger partial charge in [0.15, 0.2) is 11.0 Å². The van der Waals surface area contributed by atoms with E-state index in [1.165, 1.54) is 0 Å². The predicted molar refractivity (Wildman–Crippen MR) is 106 cm³/mol. The highest BCUT2D eigenvalue weighted by atomic mass is 35.5. The Hall–Kier alpha value is -2.63. The monoisotopic (exact) mass is 378 g/mol. The third-order valence-electron chi connectivity index (χ3n) is 3.84. The molecule has 0 saturated heterocycles. The SMILES string of the molecule is Clc1cccc(CSc2nnc(-c3ccncc3)n2-c2ccccc2)c1. The minimum atomic E-state index is 0.741. The van der Waals surface area contributed by atoms with Gasteiger partial charge in [-0.3, -0.25) is 9.55 Å². The van der Waals surface area contributed by atoms with Gasteiger partial charge in [-0.1, -0.05) is 53.7 Å². The second kappa shape index (κ2) is 7.72. The molecule has 0 radical (unpaired) electrons. The Bertz CT molecular complexity index is 1000. The largest absolute Gasteiger partial charge is 0.270 e. The van der Waals surface area contributed by atoms with Gasteiger partial charge >= 0.3 is 0 Å². The number of pyridine rings is 1. The first-order valence-electron chi connectivity index (χ1n) is 8.10. The standard InChI is InChI=1S/C20H15ClN4S/c21-17-6-4-5-15(13-17)14-26-20-24-23-19(16-9-11-22-12-10-16)25(20)18-7-2-1-3-8-18/h1-13H,14H2. The molecule has 26 heavy (non-hydrogen) atoms. The van der Waals surface area contributed by atoms with E-state index in [0.717, 1.165) is 38.6 Å². The van der Waals surface area contributed by atoms with Crippen molar-refractivity contribution in [2.45, 2.75) is 10.9 Å². The molecule has 0 bridgehead atoms. The number of halogens is 1. The van der Waals surface area contributed by atoms with Crippen molar-refractivity contribution >= 4 is 23.4 Å². The number of hydrogen-bond acceptors (Lipinski definition) is 4. The van der Waals surface area contributed by atoms with Crippen LogP contribution in [0, 0.1) is 0 Å². The van der Waals surface area contributed by atoms with E-state index >= 15 is 0 Å². The maximum atomic E-state index is 6.09. The lowest BCUT2D eigenvalue weighted by atomic mass is 10.2. The summed E-state index contributed by atoms with van der Waals surface area (Å²) in [4.78, 5) is 4.09. The zero-order valence-electron chi connectivity index (χ0n) is 13.8. The van der Waals surface area contributed by atoms with E-state index in [1.54, 1.807) is 24.2 Å². The van der Waals surface area contributed by atoms with E-state index in [4.69, 9.17) is 11.6 Å². The summed E-state index contributed by atoms with van der Waals surface area (Å²) in [7, 11) is 0. The number of thioether (sulfide) groups is 1. The number of para-hydroxylation sites is 1. The van der Waals surface area contributed by atoms with Gasteiger partial charge in [-0.2, -0.15) is 0 Å². The first kappa shape index (κ1) is 16.8. The highest BCUT2D eigenvalue weighted by Gasteiger charge is 2.16. The summed E-state index contributed by atoms with van der Waals surface area (Å²) < 4.78 is 2.07. The van der Waals surface area contributed by atoms with Gasteiger partial charge in [0.1, 0.15) is 0 Å². The van der Waals surface area contributed by atoms with E-state index in [-0.39, 0.29) is 0 Å². The molecule has 2 aromatic heterocycles. The van der Waals surface area contributed by atoms with Gasteiger partial charge in [0.2, 0.25) is 0 Å². The van der Waals surface area contributed by atoms with E-state index in [1.807, 2.05) is 48.5 Å². The van der Waals surface area contributed by atoms with Crippen LogP contribution in [0.3, 0.4) is 0 Å². The third kappa shape index (κ3) is 3.64. The molecule has 0 aliphatic rings. The first-order chi connectivity index (χ1) is 12.8. The molecule has 6 heteroatoms. The first-order valence-corrected chi connectivity index (χ1v) is 9.46. The van der Waals surface area contributed by atoms with Crippen molar-refractivity contribution in [3.63, 3.8) is 0 Å². The number of aromatic nitrogens is 4. The maximum absolute atomic E-state index is 6.09. The van der Waals surface area contributed by atoms with Crippen molar-refractivity contribution in [2.75, 3.05) is 0 Å². The van der Waals surface area contributed by atoms with Crippen LogP contribution in [0.1, 0.15) is 5.56 Å². The minimum absolute atomic E-state index is 0.741. The van der Waals surface area contributed by atoms with Crippen LogP contribution >= 0.6 is 23.4 Å². The highest BCUT2D eigenvalue weighted by Crippen LogP contribution is 2.29. The number of nitrogens with zero attached hydrogens (tertiary/aromatic N) is 4. The topological polar surface area (TPSA) is 43.6 Å². The molecule has 4 aromatic rings. The molecule has 0 unspecified atom stereocenters. The molecule has 2 heterocycles. The smallest absolute Gasteiger partial charge is 0.196 e. The molecule has 4 nitrogen and oxygen atoms in total. The Morgan fingerprint density at radius 2 is 1.69 bits per heavy atom. The summed E-state index contributed by atoms with van der Waals surface area (Å²) in [6.45, 7) is 0. The minimum Gasteiger partial charge on any atom is -0.270 e. The van der Waals surface area contributed by atoms with Crippen LogP contribution in [0.4, 0.5) is 0 Å². The van der Waals surface area contributed by atoms with Gasteiger partial charge in [0, 0.05) is 34.4 Å². The molecule has 0 aliphatic carbocycles. The molecule has 0 atom stereocenters. The fourth-order valence-corrected chi connectivity index (χ4v) is 3.74. The summed E-state index contributed by atoms with van der Waals surface area (Å²) in [6, 6.07) is 21.9. The van der Waals surface area contributed by atoms with Gasteiger partial charge in [-0.05, 0) is 42.0 Å². The van der Waals surface area contributed by atoms with Crippen LogP contribution in [-0.4, -0.2) is 19.7 Å². The Labute approximate surface area is 160 Å². The third-order valence-corrected chi connectivity index (χ3v) is 5.08. The number of rotatable bonds is 5. The molecule has 2 aromatic carbocycles. The molecule has 0 amide bonds. The zero-order valence-corrected chi connectivity index (χ0v) is 15.4. The Morgan fingerprint density at radius 3 is 2.46 bits per heavy atom. The van der Waals surface area contributed by atoms with Crippen LogP contribution in [-0.2, 0) is 5.75 Å². The van der Waals surface area contributed by atoms with Crippen molar-refractivity contribution in [1.82, 2.24) is 19.7 Å². The summed E-state index contributed by atoms with van der Waals surface area (Å²) in [5, 5.41) is 10.4. The summed E-state index contributed by atoms with van der Waals surface area (Å²) in [5.41, 5.74) is 3.15. The quantitative estimate of drug-likeness (QED) is 0.443. The number of hydrogen-bond donors (Lipinski definition) is 0. The highest BCUT2D eigenvalue weighted by molar-refractivity contribution is 7.98. The van der Waals surface area contributed by atoms with Gasteiger partial charge in [-0.15, -0.1) is 10.2 Å². The van der Waals surface area contributed by atoms with Gasteiger partial charge in [-0.25, -0.2) is 0 Å². The molecule has 128 valence electrons. The molecular weight excluding hydrogens is 364 g/mol. The summed E-state index contributed by atoms with van der Waals surface area (Å²) in [6.07, 6.45) is 3.52. The Kier molecular flexibility index (Phi) is 5.00. The van der Waals surface area contributed by atoms with Crippen LogP contribution in [0.25, 0.3) is 17.1 Å². The van der Waals surface area contributed by atoms with Crippen molar-refractivity contribution in [3.8, 4) is 17.1 Å². The van der Waals surface area contributed by atoms with Crippen molar-refractivity contribution in [2.24, 2.45) is 0 Å². The second-order valence-electron chi connectivity index (χ2n) is 5.63. The van der Waals surface area contributed by atoms with Gasteiger partial charge in [0.05, 0.1) is 0 Å². The van der Waals surface area contributed by atoms with Crippen molar-refractivity contribution in [3.05, 3.63) is 89.7 Å². The van der Waals surface area contributed by atoms with Crippen LogP contribution < -0.4 is 0 Å².